The van der Waals surface area contributed by atoms with E-state index in [1.807, 2.05) is 28.8 Å². The Hall–Kier alpha value is -2.96. The first-order chi connectivity index (χ1) is 10.3. The molecule has 3 rings (SSSR count). The normalized spacial score (nSPS) is 10.7. The van der Waals surface area contributed by atoms with E-state index in [0.717, 1.165) is 11.5 Å². The van der Waals surface area contributed by atoms with Crippen molar-refractivity contribution in [2.24, 2.45) is 5.73 Å². The molecule has 3 aromatic heterocycles. The molecule has 21 heavy (non-hydrogen) atoms. The van der Waals surface area contributed by atoms with Crippen LogP contribution in [0.25, 0.3) is 5.65 Å². The molecule has 0 saturated carbocycles. The maximum Gasteiger partial charge on any atom is 0.250 e. The molecular formula is C14H14N6O. The van der Waals surface area contributed by atoms with Crippen molar-refractivity contribution < 1.29 is 4.79 Å². The summed E-state index contributed by atoms with van der Waals surface area (Å²) >= 11 is 0. The topological polar surface area (TPSA) is 98.2 Å². The minimum atomic E-state index is -0.479. The first kappa shape index (κ1) is 13.0. The fourth-order valence-corrected chi connectivity index (χ4v) is 2.12. The van der Waals surface area contributed by atoms with Crippen molar-refractivity contribution in [2.75, 3.05) is 11.9 Å². The first-order valence-corrected chi connectivity index (χ1v) is 6.52. The molecule has 3 heterocycles. The summed E-state index contributed by atoms with van der Waals surface area (Å²) < 4.78 is 1.93. The third-order valence-corrected chi connectivity index (χ3v) is 3.13. The van der Waals surface area contributed by atoms with E-state index in [1.165, 1.54) is 6.20 Å². The van der Waals surface area contributed by atoms with Gasteiger partial charge in [0.1, 0.15) is 5.82 Å². The molecule has 7 heteroatoms. The van der Waals surface area contributed by atoms with Crippen molar-refractivity contribution in [3.05, 3.63) is 54.2 Å². The van der Waals surface area contributed by atoms with Gasteiger partial charge in [-0.05, 0) is 18.2 Å². The van der Waals surface area contributed by atoms with Crippen LogP contribution in [-0.4, -0.2) is 32.0 Å². The van der Waals surface area contributed by atoms with Crippen molar-refractivity contribution in [1.82, 2.24) is 19.6 Å². The van der Waals surface area contributed by atoms with E-state index in [2.05, 4.69) is 20.5 Å². The van der Waals surface area contributed by atoms with Crippen LogP contribution in [-0.2, 0) is 6.42 Å². The number of fused-ring (bicyclic) bond motifs is 1. The molecule has 0 aliphatic heterocycles. The number of nitrogens with zero attached hydrogens (tertiary/aromatic N) is 4. The number of amides is 1. The summed E-state index contributed by atoms with van der Waals surface area (Å²) in [6, 6.07) is 7.34. The summed E-state index contributed by atoms with van der Waals surface area (Å²) in [5.74, 6) is 0.371. The number of pyridine rings is 2. The quantitative estimate of drug-likeness (QED) is 0.723. The minimum Gasteiger partial charge on any atom is -0.383 e. The number of aromatic nitrogens is 4. The Bertz CT molecular complexity index is 782. The second kappa shape index (κ2) is 5.58. The molecule has 0 unspecified atom stereocenters. The zero-order valence-electron chi connectivity index (χ0n) is 11.2. The maximum atomic E-state index is 11.3. The molecule has 0 fully saturated rings. The fraction of sp³-hybridized carbons (Fsp3) is 0.143. The number of carbonyl (C=O) groups is 1. The number of nitrogens with one attached hydrogen (secondary N) is 1. The van der Waals surface area contributed by atoms with Crippen LogP contribution in [0.15, 0.2) is 42.9 Å². The number of rotatable bonds is 5. The Labute approximate surface area is 120 Å². The van der Waals surface area contributed by atoms with E-state index < -0.39 is 5.91 Å². The highest BCUT2D eigenvalue weighted by molar-refractivity contribution is 5.98. The number of primary amides is 1. The van der Waals surface area contributed by atoms with Gasteiger partial charge in [0.05, 0.1) is 17.4 Å². The van der Waals surface area contributed by atoms with Crippen molar-refractivity contribution in [1.29, 1.82) is 0 Å². The molecule has 0 bridgehead atoms. The second-order valence-corrected chi connectivity index (χ2v) is 4.51. The van der Waals surface area contributed by atoms with Crippen molar-refractivity contribution in [2.45, 2.75) is 6.42 Å². The van der Waals surface area contributed by atoms with Gasteiger partial charge in [-0.2, -0.15) is 0 Å². The molecule has 7 nitrogen and oxygen atoms in total. The highest BCUT2D eigenvalue weighted by atomic mass is 16.1. The van der Waals surface area contributed by atoms with Crippen LogP contribution in [0.3, 0.4) is 0 Å². The van der Waals surface area contributed by atoms with Gasteiger partial charge in [-0.3, -0.25) is 14.2 Å². The average Bonchev–Trinajstić information content (AvgIpc) is 2.91. The monoisotopic (exact) mass is 282 g/mol. The molecule has 0 atom stereocenters. The minimum absolute atomic E-state index is 0.427. The van der Waals surface area contributed by atoms with Gasteiger partial charge in [-0.25, -0.2) is 0 Å². The van der Waals surface area contributed by atoms with Crippen molar-refractivity contribution in [3.63, 3.8) is 0 Å². The van der Waals surface area contributed by atoms with E-state index in [4.69, 9.17) is 5.73 Å². The zero-order valence-corrected chi connectivity index (χ0v) is 11.2. The van der Waals surface area contributed by atoms with Crippen molar-refractivity contribution in [3.8, 4) is 0 Å². The molecule has 0 aliphatic carbocycles. The fourth-order valence-electron chi connectivity index (χ4n) is 2.12. The molecule has 0 aromatic carbocycles. The lowest BCUT2D eigenvalue weighted by Crippen LogP contribution is -2.16. The van der Waals surface area contributed by atoms with Crippen LogP contribution < -0.4 is 11.1 Å². The standard InChI is InChI=1S/C14H14N6O/c15-14(21)10-4-6-16-9-11(10)17-7-5-13-19-18-12-3-1-2-8-20(12)13/h1-4,6,8-9,17H,5,7H2,(H2,15,21). The summed E-state index contributed by atoms with van der Waals surface area (Å²) in [6.45, 7) is 0.599. The highest BCUT2D eigenvalue weighted by Gasteiger charge is 2.08. The Morgan fingerprint density at radius 3 is 3.05 bits per heavy atom. The van der Waals surface area contributed by atoms with E-state index in [1.54, 1.807) is 12.3 Å². The van der Waals surface area contributed by atoms with Crippen LogP contribution in [0, 0.1) is 0 Å². The Morgan fingerprint density at radius 2 is 2.19 bits per heavy atom. The lowest BCUT2D eigenvalue weighted by atomic mass is 10.2. The lowest BCUT2D eigenvalue weighted by molar-refractivity contribution is 0.100. The van der Waals surface area contributed by atoms with E-state index >= 15 is 0 Å². The van der Waals surface area contributed by atoms with Crippen LogP contribution >= 0.6 is 0 Å². The largest absolute Gasteiger partial charge is 0.383 e. The molecule has 0 spiro atoms. The lowest BCUT2D eigenvalue weighted by Gasteiger charge is -2.08. The number of hydrogen-bond acceptors (Lipinski definition) is 5. The summed E-state index contributed by atoms with van der Waals surface area (Å²) in [5.41, 5.74) is 7.18. The smallest absolute Gasteiger partial charge is 0.250 e. The molecule has 0 saturated heterocycles. The Balaban J connectivity index is 1.71. The number of carbonyl (C=O) groups excluding carboxylic acids is 1. The van der Waals surface area contributed by atoms with Crippen LogP contribution in [0.5, 0.6) is 0 Å². The van der Waals surface area contributed by atoms with E-state index in [9.17, 15) is 4.79 Å². The van der Waals surface area contributed by atoms with Gasteiger partial charge >= 0.3 is 0 Å². The van der Waals surface area contributed by atoms with Gasteiger partial charge in [-0.1, -0.05) is 6.07 Å². The zero-order chi connectivity index (χ0) is 14.7. The van der Waals surface area contributed by atoms with Gasteiger partial charge < -0.3 is 11.1 Å². The van der Waals surface area contributed by atoms with Crippen LogP contribution in [0.1, 0.15) is 16.2 Å². The summed E-state index contributed by atoms with van der Waals surface area (Å²) in [6.07, 6.45) is 5.71. The summed E-state index contributed by atoms with van der Waals surface area (Å²) in [7, 11) is 0. The van der Waals surface area contributed by atoms with E-state index in [-0.39, 0.29) is 0 Å². The molecule has 106 valence electrons. The first-order valence-electron chi connectivity index (χ1n) is 6.52. The van der Waals surface area contributed by atoms with Crippen molar-refractivity contribution >= 4 is 17.2 Å². The molecular weight excluding hydrogens is 268 g/mol. The average molecular weight is 282 g/mol. The number of nitrogens with two attached hydrogens (primary N) is 1. The molecule has 3 N–H and O–H groups in total. The SMILES string of the molecule is NC(=O)c1ccncc1NCCc1nnc2ccccn12. The third kappa shape index (κ3) is 2.66. The molecule has 0 aliphatic rings. The van der Waals surface area contributed by atoms with Gasteiger partial charge in [0.25, 0.3) is 5.91 Å². The number of anilines is 1. The molecule has 1 amide bonds. The third-order valence-electron chi connectivity index (χ3n) is 3.13. The summed E-state index contributed by atoms with van der Waals surface area (Å²) in [5, 5.41) is 11.4. The second-order valence-electron chi connectivity index (χ2n) is 4.51. The van der Waals surface area contributed by atoms with E-state index in [0.29, 0.717) is 24.2 Å². The van der Waals surface area contributed by atoms with Crippen LogP contribution in [0.2, 0.25) is 0 Å². The summed E-state index contributed by atoms with van der Waals surface area (Å²) in [4.78, 5) is 15.3. The highest BCUT2D eigenvalue weighted by Crippen LogP contribution is 2.12. The Kier molecular flexibility index (Phi) is 3.46. The predicted molar refractivity (Wildman–Crippen MR) is 77.9 cm³/mol. The number of hydrogen-bond donors (Lipinski definition) is 2. The van der Waals surface area contributed by atoms with Crippen LogP contribution in [0.4, 0.5) is 5.69 Å². The predicted octanol–water partition coefficient (Wildman–Crippen LogP) is 0.878. The van der Waals surface area contributed by atoms with Gasteiger partial charge in [0, 0.05) is 25.4 Å². The Morgan fingerprint density at radius 1 is 1.29 bits per heavy atom. The van der Waals surface area contributed by atoms with Gasteiger partial charge in [0.15, 0.2) is 5.65 Å². The maximum absolute atomic E-state index is 11.3. The molecule has 3 aromatic rings. The molecule has 0 radical (unpaired) electrons. The van der Waals surface area contributed by atoms with Gasteiger partial charge in [0.2, 0.25) is 0 Å². The van der Waals surface area contributed by atoms with Gasteiger partial charge in [-0.15, -0.1) is 10.2 Å².